The minimum Gasteiger partial charge on any atom is -0.496 e. The number of ether oxygens (including phenoxy) is 1. The Bertz CT molecular complexity index is 458. The van der Waals surface area contributed by atoms with Gasteiger partial charge in [-0.3, -0.25) is 0 Å². The Morgan fingerprint density at radius 3 is 2.88 bits per heavy atom. The van der Waals surface area contributed by atoms with E-state index in [0.717, 1.165) is 24.0 Å². The fraction of sp³-hybridized carbons (Fsp3) is 0.267. The van der Waals surface area contributed by atoms with Gasteiger partial charge >= 0.3 is 0 Å². The van der Waals surface area contributed by atoms with Crippen LogP contribution in [0.1, 0.15) is 24.3 Å². The van der Waals surface area contributed by atoms with Crippen LogP contribution in [0.25, 0.3) is 0 Å². The van der Waals surface area contributed by atoms with Gasteiger partial charge in [-0.05, 0) is 12.5 Å². The Balaban J connectivity index is 2.34. The number of para-hydroxylation sites is 1. The van der Waals surface area contributed by atoms with Crippen LogP contribution < -0.4 is 4.74 Å². The van der Waals surface area contributed by atoms with Gasteiger partial charge in [0, 0.05) is 17.9 Å². The zero-order valence-electron chi connectivity index (χ0n) is 9.93. The van der Waals surface area contributed by atoms with Crippen molar-refractivity contribution in [3.05, 3.63) is 53.6 Å². The summed E-state index contributed by atoms with van der Waals surface area (Å²) in [6.45, 7) is 0. The first-order valence-electron chi connectivity index (χ1n) is 5.79. The van der Waals surface area contributed by atoms with Crippen LogP contribution in [0.3, 0.4) is 0 Å². The van der Waals surface area contributed by atoms with E-state index >= 15 is 0 Å². The van der Waals surface area contributed by atoms with Gasteiger partial charge < -0.3 is 9.53 Å². The molecular weight excluding hydrogens is 212 g/mol. The summed E-state index contributed by atoms with van der Waals surface area (Å²) in [6, 6.07) is 7.91. The van der Waals surface area contributed by atoms with Crippen molar-refractivity contribution in [1.82, 2.24) is 0 Å². The third-order valence-electron chi connectivity index (χ3n) is 3.09. The summed E-state index contributed by atoms with van der Waals surface area (Å²) in [5.74, 6) is 0.991. The number of carbonyl (C=O) groups excluding carboxylic acids is 1. The quantitative estimate of drug-likeness (QED) is 0.723. The fourth-order valence-electron chi connectivity index (χ4n) is 2.25. The van der Waals surface area contributed by atoms with Gasteiger partial charge in [-0.25, -0.2) is 0 Å². The number of allylic oxidation sites excluding steroid dienone is 4. The van der Waals surface area contributed by atoms with E-state index in [2.05, 4.69) is 12.2 Å². The minimum atomic E-state index is 0.138. The Labute approximate surface area is 102 Å². The van der Waals surface area contributed by atoms with Crippen LogP contribution in [0.4, 0.5) is 0 Å². The van der Waals surface area contributed by atoms with Gasteiger partial charge in [0.25, 0.3) is 0 Å². The van der Waals surface area contributed by atoms with Crippen LogP contribution in [-0.4, -0.2) is 13.4 Å². The standard InChI is InChI=1S/C15H16O2/c1-17-15-9-5-4-8-14(15)13(10-11-16)12-6-2-3-7-12/h2-6,8-9,11,13H,7,10H2,1H3/t13-/m1/s1. The summed E-state index contributed by atoms with van der Waals surface area (Å²) in [5, 5.41) is 0. The predicted octanol–water partition coefficient (Wildman–Crippen LogP) is 3.25. The van der Waals surface area contributed by atoms with Crippen molar-refractivity contribution in [2.24, 2.45) is 0 Å². The van der Waals surface area contributed by atoms with Gasteiger partial charge in [-0.2, -0.15) is 0 Å². The van der Waals surface area contributed by atoms with Gasteiger partial charge in [0.15, 0.2) is 0 Å². The van der Waals surface area contributed by atoms with Crippen molar-refractivity contribution in [2.75, 3.05) is 7.11 Å². The normalized spacial score (nSPS) is 15.5. The molecule has 0 radical (unpaired) electrons. The molecule has 17 heavy (non-hydrogen) atoms. The molecule has 0 N–H and O–H groups in total. The van der Waals surface area contributed by atoms with Crippen LogP contribution in [-0.2, 0) is 4.79 Å². The maximum absolute atomic E-state index is 10.9. The lowest BCUT2D eigenvalue weighted by atomic mass is 9.87. The molecule has 0 aromatic heterocycles. The number of hydrogen-bond acceptors (Lipinski definition) is 2. The highest BCUT2D eigenvalue weighted by Gasteiger charge is 2.20. The van der Waals surface area contributed by atoms with E-state index in [9.17, 15) is 4.79 Å². The first-order valence-corrected chi connectivity index (χ1v) is 5.79. The van der Waals surface area contributed by atoms with Gasteiger partial charge in [0.05, 0.1) is 7.11 Å². The maximum Gasteiger partial charge on any atom is 0.122 e. The number of carbonyl (C=O) groups is 1. The average molecular weight is 228 g/mol. The smallest absolute Gasteiger partial charge is 0.122 e. The zero-order chi connectivity index (χ0) is 12.1. The molecule has 0 saturated carbocycles. The molecule has 1 aliphatic rings. The van der Waals surface area contributed by atoms with Crippen LogP contribution >= 0.6 is 0 Å². The van der Waals surface area contributed by atoms with E-state index in [0.29, 0.717) is 6.42 Å². The summed E-state index contributed by atoms with van der Waals surface area (Å²) in [6.07, 6.45) is 8.67. The number of hydrogen-bond donors (Lipinski definition) is 0. The van der Waals surface area contributed by atoms with Crippen molar-refractivity contribution in [1.29, 1.82) is 0 Å². The van der Waals surface area contributed by atoms with Crippen LogP contribution in [0.15, 0.2) is 48.1 Å². The second kappa shape index (κ2) is 5.48. The van der Waals surface area contributed by atoms with Gasteiger partial charge in [-0.1, -0.05) is 42.0 Å². The molecule has 0 unspecified atom stereocenters. The molecule has 0 bridgehead atoms. The Hall–Kier alpha value is -1.83. The molecule has 1 aliphatic carbocycles. The lowest BCUT2D eigenvalue weighted by Crippen LogP contribution is -2.04. The lowest BCUT2D eigenvalue weighted by molar-refractivity contribution is -0.108. The predicted molar refractivity (Wildman–Crippen MR) is 68.3 cm³/mol. The van der Waals surface area contributed by atoms with Crippen molar-refractivity contribution in [2.45, 2.75) is 18.8 Å². The largest absolute Gasteiger partial charge is 0.496 e. The number of methoxy groups -OCH3 is 1. The molecule has 0 fully saturated rings. The Morgan fingerprint density at radius 2 is 2.24 bits per heavy atom. The fourth-order valence-corrected chi connectivity index (χ4v) is 2.25. The average Bonchev–Trinajstić information content (AvgIpc) is 2.89. The topological polar surface area (TPSA) is 26.3 Å². The zero-order valence-corrected chi connectivity index (χ0v) is 9.93. The number of aldehydes is 1. The monoisotopic (exact) mass is 228 g/mol. The van der Waals surface area contributed by atoms with Crippen LogP contribution in [0.2, 0.25) is 0 Å². The third kappa shape index (κ3) is 2.47. The van der Waals surface area contributed by atoms with E-state index < -0.39 is 0 Å². The summed E-state index contributed by atoms with van der Waals surface area (Å²) in [4.78, 5) is 10.9. The molecule has 0 aliphatic heterocycles. The molecule has 0 amide bonds. The molecule has 2 rings (SSSR count). The Kier molecular flexibility index (Phi) is 3.76. The molecule has 0 spiro atoms. The van der Waals surface area contributed by atoms with E-state index in [1.165, 1.54) is 5.57 Å². The molecule has 1 aromatic carbocycles. The molecular formula is C15H16O2. The molecule has 0 saturated heterocycles. The molecule has 1 atom stereocenters. The van der Waals surface area contributed by atoms with Gasteiger partial charge in [0.2, 0.25) is 0 Å². The van der Waals surface area contributed by atoms with Crippen molar-refractivity contribution in [3.8, 4) is 5.75 Å². The highest BCUT2D eigenvalue weighted by molar-refractivity contribution is 5.56. The molecule has 88 valence electrons. The van der Waals surface area contributed by atoms with E-state index in [-0.39, 0.29) is 5.92 Å². The van der Waals surface area contributed by atoms with Crippen LogP contribution in [0.5, 0.6) is 5.75 Å². The van der Waals surface area contributed by atoms with E-state index in [4.69, 9.17) is 4.74 Å². The minimum absolute atomic E-state index is 0.138. The van der Waals surface area contributed by atoms with Crippen molar-refractivity contribution < 1.29 is 9.53 Å². The lowest BCUT2D eigenvalue weighted by Gasteiger charge is -2.19. The van der Waals surface area contributed by atoms with Crippen molar-refractivity contribution >= 4 is 6.29 Å². The number of rotatable bonds is 5. The van der Waals surface area contributed by atoms with E-state index in [1.807, 2.05) is 30.3 Å². The Morgan fingerprint density at radius 1 is 1.41 bits per heavy atom. The highest BCUT2D eigenvalue weighted by Crippen LogP contribution is 2.36. The second-order valence-electron chi connectivity index (χ2n) is 4.07. The summed E-state index contributed by atoms with van der Waals surface area (Å²) < 4.78 is 5.37. The summed E-state index contributed by atoms with van der Waals surface area (Å²) >= 11 is 0. The molecule has 0 heterocycles. The first kappa shape index (κ1) is 11.6. The first-order chi connectivity index (χ1) is 8.36. The van der Waals surface area contributed by atoms with E-state index in [1.54, 1.807) is 7.11 Å². The third-order valence-corrected chi connectivity index (χ3v) is 3.09. The summed E-state index contributed by atoms with van der Waals surface area (Å²) in [5.41, 5.74) is 2.37. The molecule has 2 heteroatoms. The summed E-state index contributed by atoms with van der Waals surface area (Å²) in [7, 11) is 1.66. The molecule has 2 nitrogen and oxygen atoms in total. The van der Waals surface area contributed by atoms with Crippen LogP contribution in [0, 0.1) is 0 Å². The molecule has 1 aromatic rings. The van der Waals surface area contributed by atoms with Gasteiger partial charge in [-0.15, -0.1) is 0 Å². The number of benzene rings is 1. The van der Waals surface area contributed by atoms with Gasteiger partial charge in [0.1, 0.15) is 12.0 Å². The maximum atomic E-state index is 10.9. The SMILES string of the molecule is COc1ccccc1[C@H](CC=O)C1=CC=CC1. The highest BCUT2D eigenvalue weighted by atomic mass is 16.5. The second-order valence-corrected chi connectivity index (χ2v) is 4.07. The van der Waals surface area contributed by atoms with Crippen molar-refractivity contribution in [3.63, 3.8) is 0 Å².